The first-order valence-electron chi connectivity index (χ1n) is 5.68. The van der Waals surface area contributed by atoms with Gasteiger partial charge in [-0.15, -0.1) is 11.3 Å². The number of hydrogen-bond donors (Lipinski definition) is 2. The minimum Gasteiger partial charge on any atom is -0.356 e. The Labute approximate surface area is 115 Å². The van der Waals surface area contributed by atoms with Crippen molar-refractivity contribution in [2.24, 2.45) is 4.99 Å². The summed E-state index contributed by atoms with van der Waals surface area (Å²) < 4.78 is 2.03. The molecule has 0 saturated heterocycles. The molecule has 2 aromatic rings. The predicted octanol–water partition coefficient (Wildman–Crippen LogP) is 1.42. The van der Waals surface area contributed by atoms with Gasteiger partial charge in [0.05, 0.1) is 12.2 Å². The van der Waals surface area contributed by atoms with E-state index >= 15 is 0 Å². The van der Waals surface area contributed by atoms with Gasteiger partial charge in [0, 0.05) is 37.1 Å². The number of hydrogen-bond acceptors (Lipinski definition) is 4. The van der Waals surface area contributed by atoms with Crippen molar-refractivity contribution in [1.82, 2.24) is 20.0 Å². The number of aromatic nitrogens is 2. The molecule has 0 saturated carbocycles. The molecule has 0 radical (unpaired) electrons. The summed E-state index contributed by atoms with van der Waals surface area (Å²) >= 11 is 3.45. The third-order valence-electron chi connectivity index (χ3n) is 2.40. The summed E-state index contributed by atoms with van der Waals surface area (Å²) in [5, 5.41) is 8.54. The number of imidazole rings is 1. The Balaban J connectivity index is 1.84. The van der Waals surface area contributed by atoms with Gasteiger partial charge in [-0.1, -0.05) is 0 Å². The third kappa shape index (κ3) is 3.39. The minimum absolute atomic E-state index is 0.688. The summed E-state index contributed by atoms with van der Waals surface area (Å²) in [7, 11) is 1.78. The fraction of sp³-hybridized carbons (Fsp3) is 0.455. The molecule has 0 aromatic carbocycles. The maximum Gasteiger partial charge on any atom is 0.193 e. The van der Waals surface area contributed by atoms with Crippen LogP contribution in [0.5, 0.6) is 0 Å². The normalized spacial score (nSPS) is 12.0. The molecule has 0 amide bonds. The first-order chi connectivity index (χ1) is 8.83. The summed E-state index contributed by atoms with van der Waals surface area (Å²) in [5.41, 5.74) is 1.02. The van der Waals surface area contributed by atoms with E-state index in [1.807, 2.05) is 33.9 Å². The lowest BCUT2D eigenvalue weighted by atomic mass is 10.5. The lowest BCUT2D eigenvalue weighted by molar-refractivity contribution is 0.818. The van der Waals surface area contributed by atoms with Crippen LogP contribution in [0.15, 0.2) is 22.8 Å². The van der Waals surface area contributed by atoms with Gasteiger partial charge < -0.3 is 10.6 Å². The standard InChI is InChI=1S/C11H17N5S2/c1-12-10(13-3-5-17-2)14-7-9-8-16-4-6-18-11(16)15-9/h4,6,8H,3,5,7H2,1-2H3,(H2,12,13,14). The molecule has 0 fully saturated rings. The molecule has 2 aromatic heterocycles. The van der Waals surface area contributed by atoms with Gasteiger partial charge in [0.1, 0.15) is 0 Å². The number of thiazole rings is 1. The number of nitrogens with one attached hydrogen (secondary N) is 2. The Morgan fingerprint density at radius 2 is 2.44 bits per heavy atom. The van der Waals surface area contributed by atoms with Crippen molar-refractivity contribution in [3.8, 4) is 0 Å². The molecule has 7 heteroatoms. The largest absolute Gasteiger partial charge is 0.356 e. The van der Waals surface area contributed by atoms with Crippen molar-refractivity contribution in [3.05, 3.63) is 23.5 Å². The van der Waals surface area contributed by atoms with Crippen LogP contribution >= 0.6 is 23.1 Å². The highest BCUT2D eigenvalue weighted by atomic mass is 32.2. The third-order valence-corrected chi connectivity index (χ3v) is 3.79. The van der Waals surface area contributed by atoms with Crippen molar-refractivity contribution in [3.63, 3.8) is 0 Å². The van der Waals surface area contributed by atoms with Crippen LogP contribution in [0, 0.1) is 0 Å². The fourth-order valence-electron chi connectivity index (χ4n) is 1.53. The molecule has 2 heterocycles. The molecule has 0 aliphatic carbocycles. The van der Waals surface area contributed by atoms with Crippen LogP contribution in [-0.2, 0) is 6.54 Å². The Kier molecular flexibility index (Phi) is 4.89. The van der Waals surface area contributed by atoms with E-state index in [1.54, 1.807) is 18.4 Å². The zero-order valence-corrected chi connectivity index (χ0v) is 12.1. The number of nitrogens with zero attached hydrogens (tertiary/aromatic N) is 3. The molecule has 18 heavy (non-hydrogen) atoms. The second kappa shape index (κ2) is 6.65. The van der Waals surface area contributed by atoms with E-state index in [9.17, 15) is 0 Å². The SMILES string of the molecule is CN=C(NCCSC)NCc1cn2ccsc2n1. The minimum atomic E-state index is 0.688. The Hall–Kier alpha value is -1.21. The summed E-state index contributed by atoms with van der Waals surface area (Å²) in [6.45, 7) is 1.60. The van der Waals surface area contributed by atoms with E-state index in [2.05, 4.69) is 26.9 Å². The number of thioether (sulfide) groups is 1. The van der Waals surface area contributed by atoms with Gasteiger partial charge >= 0.3 is 0 Å². The molecule has 0 aliphatic rings. The summed E-state index contributed by atoms with van der Waals surface area (Å²) in [6, 6.07) is 0. The molecule has 0 aliphatic heterocycles. The zero-order valence-electron chi connectivity index (χ0n) is 10.5. The fourth-order valence-corrected chi connectivity index (χ4v) is 2.55. The average Bonchev–Trinajstić information content (AvgIpc) is 2.94. The van der Waals surface area contributed by atoms with Crippen LogP contribution in [0.1, 0.15) is 5.69 Å². The molecular weight excluding hydrogens is 266 g/mol. The molecule has 0 atom stereocenters. The topological polar surface area (TPSA) is 53.7 Å². The van der Waals surface area contributed by atoms with Crippen molar-refractivity contribution in [2.75, 3.05) is 25.6 Å². The molecule has 98 valence electrons. The number of aliphatic imine (C=N–C) groups is 1. The van der Waals surface area contributed by atoms with Gasteiger partial charge in [-0.2, -0.15) is 11.8 Å². The highest BCUT2D eigenvalue weighted by Crippen LogP contribution is 2.10. The van der Waals surface area contributed by atoms with E-state index in [-0.39, 0.29) is 0 Å². The van der Waals surface area contributed by atoms with Gasteiger partial charge in [-0.3, -0.25) is 9.39 Å². The lowest BCUT2D eigenvalue weighted by Crippen LogP contribution is -2.38. The van der Waals surface area contributed by atoms with E-state index in [0.717, 1.165) is 28.9 Å². The Bertz CT molecular complexity index is 488. The van der Waals surface area contributed by atoms with E-state index < -0.39 is 0 Å². The van der Waals surface area contributed by atoms with Gasteiger partial charge in [0.15, 0.2) is 10.9 Å². The summed E-state index contributed by atoms with van der Waals surface area (Å²) in [5.74, 6) is 1.89. The van der Waals surface area contributed by atoms with Crippen molar-refractivity contribution in [1.29, 1.82) is 0 Å². The van der Waals surface area contributed by atoms with Crippen molar-refractivity contribution < 1.29 is 0 Å². The summed E-state index contributed by atoms with van der Waals surface area (Å²) in [6.07, 6.45) is 6.14. The molecule has 0 spiro atoms. The van der Waals surface area contributed by atoms with Gasteiger partial charge in [0.25, 0.3) is 0 Å². The van der Waals surface area contributed by atoms with Gasteiger partial charge in [0.2, 0.25) is 0 Å². The van der Waals surface area contributed by atoms with Crippen LogP contribution in [0.25, 0.3) is 4.96 Å². The molecular formula is C11H17N5S2. The highest BCUT2D eigenvalue weighted by molar-refractivity contribution is 7.98. The van der Waals surface area contributed by atoms with E-state index in [4.69, 9.17) is 0 Å². The van der Waals surface area contributed by atoms with Crippen LogP contribution < -0.4 is 10.6 Å². The van der Waals surface area contributed by atoms with Gasteiger partial charge in [-0.25, -0.2) is 4.98 Å². The number of guanidine groups is 1. The summed E-state index contributed by atoms with van der Waals surface area (Å²) in [4.78, 5) is 9.70. The molecule has 2 rings (SSSR count). The molecule has 5 nitrogen and oxygen atoms in total. The van der Waals surface area contributed by atoms with Gasteiger partial charge in [-0.05, 0) is 6.26 Å². The van der Waals surface area contributed by atoms with Crippen molar-refractivity contribution >= 4 is 34.0 Å². The zero-order chi connectivity index (χ0) is 12.8. The predicted molar refractivity (Wildman–Crippen MR) is 79.7 cm³/mol. The van der Waals surface area contributed by atoms with Crippen LogP contribution in [0.2, 0.25) is 0 Å². The van der Waals surface area contributed by atoms with Crippen LogP contribution in [-0.4, -0.2) is 40.9 Å². The van der Waals surface area contributed by atoms with Crippen molar-refractivity contribution in [2.45, 2.75) is 6.54 Å². The second-order valence-corrected chi connectivity index (χ2v) is 5.53. The second-order valence-electron chi connectivity index (χ2n) is 3.67. The lowest BCUT2D eigenvalue weighted by Gasteiger charge is -2.09. The molecule has 2 N–H and O–H groups in total. The molecule has 0 bridgehead atoms. The monoisotopic (exact) mass is 283 g/mol. The van der Waals surface area contributed by atoms with Crippen LogP contribution in [0.3, 0.4) is 0 Å². The molecule has 0 unspecified atom stereocenters. The first kappa shape index (κ1) is 13.2. The Morgan fingerprint density at radius 3 is 3.17 bits per heavy atom. The Morgan fingerprint density at radius 1 is 1.56 bits per heavy atom. The van der Waals surface area contributed by atoms with E-state index in [1.165, 1.54) is 0 Å². The maximum atomic E-state index is 4.51. The highest BCUT2D eigenvalue weighted by Gasteiger charge is 2.03. The van der Waals surface area contributed by atoms with Crippen LogP contribution in [0.4, 0.5) is 0 Å². The maximum absolute atomic E-state index is 4.51. The number of fused-ring (bicyclic) bond motifs is 1. The first-order valence-corrected chi connectivity index (χ1v) is 7.95. The van der Waals surface area contributed by atoms with E-state index in [0.29, 0.717) is 6.54 Å². The smallest absolute Gasteiger partial charge is 0.193 e. The quantitative estimate of drug-likeness (QED) is 0.495. The average molecular weight is 283 g/mol. The number of rotatable bonds is 5.